The number of imide groups is 1. The van der Waals surface area contributed by atoms with Crippen molar-refractivity contribution in [2.24, 2.45) is 0 Å². The Morgan fingerprint density at radius 3 is 2.54 bits per heavy atom. The van der Waals surface area contributed by atoms with Crippen LogP contribution in [-0.2, 0) is 9.53 Å². The first-order valence-electron chi connectivity index (χ1n) is 8.11. The van der Waals surface area contributed by atoms with Gasteiger partial charge in [-0.3, -0.25) is 14.5 Å². The lowest BCUT2D eigenvalue weighted by atomic mass is 10.2. The van der Waals surface area contributed by atoms with Crippen LogP contribution in [0, 0.1) is 19.7 Å². The van der Waals surface area contributed by atoms with Crippen LogP contribution < -0.4 is 0 Å². The van der Waals surface area contributed by atoms with Crippen molar-refractivity contribution in [2.45, 2.75) is 13.8 Å². The van der Waals surface area contributed by atoms with Crippen LogP contribution in [0.3, 0.4) is 0 Å². The van der Waals surface area contributed by atoms with Gasteiger partial charge in [-0.25, -0.2) is 4.39 Å². The van der Waals surface area contributed by atoms with Crippen molar-refractivity contribution in [2.75, 3.05) is 20.3 Å². The van der Waals surface area contributed by atoms with E-state index in [0.717, 1.165) is 34.4 Å². The van der Waals surface area contributed by atoms with E-state index in [2.05, 4.69) is 0 Å². The molecule has 0 spiro atoms. The molecular weight excluding hydrogens is 355 g/mol. The highest BCUT2D eigenvalue weighted by Gasteiger charge is 2.34. The highest BCUT2D eigenvalue weighted by atomic mass is 32.2. The predicted molar refractivity (Wildman–Crippen MR) is 99.8 cm³/mol. The molecule has 7 heteroatoms. The summed E-state index contributed by atoms with van der Waals surface area (Å²) in [5.41, 5.74) is 3.56. The Morgan fingerprint density at radius 1 is 1.19 bits per heavy atom. The molecule has 0 bridgehead atoms. The number of amides is 2. The summed E-state index contributed by atoms with van der Waals surface area (Å²) in [6.07, 6.45) is 1.74. The molecule has 26 heavy (non-hydrogen) atoms. The third-order valence-corrected chi connectivity index (χ3v) is 5.14. The second kappa shape index (κ2) is 7.47. The maximum Gasteiger partial charge on any atom is 0.293 e. The number of rotatable bonds is 5. The van der Waals surface area contributed by atoms with Crippen LogP contribution in [-0.4, -0.2) is 40.9 Å². The third-order valence-electron chi connectivity index (χ3n) is 4.23. The number of carbonyl (C=O) groups excluding carboxylic acids is 2. The molecule has 136 valence electrons. The fourth-order valence-corrected chi connectivity index (χ4v) is 3.79. The summed E-state index contributed by atoms with van der Waals surface area (Å²) in [5, 5.41) is -0.286. The minimum Gasteiger partial charge on any atom is -0.383 e. The van der Waals surface area contributed by atoms with Crippen molar-refractivity contribution in [3.8, 4) is 5.69 Å². The van der Waals surface area contributed by atoms with Gasteiger partial charge in [0.15, 0.2) is 0 Å². The van der Waals surface area contributed by atoms with Crippen molar-refractivity contribution < 1.29 is 18.7 Å². The SMILES string of the molecule is COCCN1C(=O)S/C(=C/c2cc(C)n(-c3ccc(F)cc3)c2C)C1=O. The van der Waals surface area contributed by atoms with Gasteiger partial charge in [-0.2, -0.15) is 0 Å². The number of ether oxygens (including phenoxy) is 1. The van der Waals surface area contributed by atoms with E-state index in [1.165, 1.54) is 24.1 Å². The average molecular weight is 374 g/mol. The second-order valence-corrected chi connectivity index (χ2v) is 6.96. The highest BCUT2D eigenvalue weighted by Crippen LogP contribution is 2.33. The summed E-state index contributed by atoms with van der Waals surface area (Å²) in [4.78, 5) is 26.1. The Bertz CT molecular complexity index is 887. The van der Waals surface area contributed by atoms with E-state index in [-0.39, 0.29) is 23.5 Å². The standard InChI is InChI=1S/C19H19FN2O3S/c1-12-10-14(13(2)22(12)16-6-4-15(20)5-7-16)11-17-18(23)21(8-9-25-3)19(24)26-17/h4-7,10-11H,8-9H2,1-3H3/b17-11+. The summed E-state index contributed by atoms with van der Waals surface area (Å²) in [6.45, 7) is 4.42. The second-order valence-electron chi connectivity index (χ2n) is 5.96. The normalized spacial score (nSPS) is 16.2. The minimum atomic E-state index is -0.302. The molecule has 1 fully saturated rings. The number of carbonyl (C=O) groups is 2. The predicted octanol–water partition coefficient (Wildman–Crippen LogP) is 3.92. The number of nitrogens with zero attached hydrogens (tertiary/aromatic N) is 2. The van der Waals surface area contributed by atoms with Crippen molar-refractivity contribution >= 4 is 29.0 Å². The molecule has 3 rings (SSSR count). The molecule has 1 saturated heterocycles. The molecule has 0 atom stereocenters. The van der Waals surface area contributed by atoms with Crippen molar-refractivity contribution in [1.29, 1.82) is 0 Å². The molecule has 0 aliphatic carbocycles. The molecule has 1 aliphatic rings. The first kappa shape index (κ1) is 18.4. The zero-order valence-corrected chi connectivity index (χ0v) is 15.6. The van der Waals surface area contributed by atoms with Crippen LogP contribution in [0.25, 0.3) is 11.8 Å². The minimum absolute atomic E-state index is 0.243. The number of methoxy groups -OCH3 is 1. The van der Waals surface area contributed by atoms with E-state index in [9.17, 15) is 14.0 Å². The van der Waals surface area contributed by atoms with Gasteiger partial charge in [0, 0.05) is 24.2 Å². The number of benzene rings is 1. The summed E-state index contributed by atoms with van der Waals surface area (Å²) in [7, 11) is 1.53. The van der Waals surface area contributed by atoms with Crippen LogP contribution in [0.5, 0.6) is 0 Å². The molecule has 0 radical (unpaired) electrons. The lowest BCUT2D eigenvalue weighted by molar-refractivity contribution is -0.123. The van der Waals surface area contributed by atoms with Gasteiger partial charge < -0.3 is 9.30 Å². The van der Waals surface area contributed by atoms with Gasteiger partial charge in [-0.05, 0) is 67.6 Å². The zero-order valence-electron chi connectivity index (χ0n) is 14.8. The lowest BCUT2D eigenvalue weighted by Crippen LogP contribution is -2.31. The lowest BCUT2D eigenvalue weighted by Gasteiger charge is -2.10. The van der Waals surface area contributed by atoms with Gasteiger partial charge in [0.2, 0.25) is 0 Å². The number of thioether (sulfide) groups is 1. The number of hydrogen-bond donors (Lipinski definition) is 0. The van der Waals surface area contributed by atoms with Crippen molar-refractivity contribution in [1.82, 2.24) is 9.47 Å². The summed E-state index contributed by atoms with van der Waals surface area (Å²) >= 11 is 0.933. The van der Waals surface area contributed by atoms with Crippen LogP contribution in [0.15, 0.2) is 35.2 Å². The largest absolute Gasteiger partial charge is 0.383 e. The molecular formula is C19H19FN2O3S. The van der Waals surface area contributed by atoms with E-state index in [1.54, 1.807) is 18.2 Å². The van der Waals surface area contributed by atoms with Crippen molar-refractivity contribution in [3.05, 3.63) is 58.0 Å². The molecule has 0 N–H and O–H groups in total. The molecule has 1 aromatic heterocycles. The quantitative estimate of drug-likeness (QED) is 0.745. The fourth-order valence-electron chi connectivity index (χ4n) is 2.94. The van der Waals surface area contributed by atoms with Gasteiger partial charge in [-0.1, -0.05) is 0 Å². The monoisotopic (exact) mass is 374 g/mol. The molecule has 2 heterocycles. The topological polar surface area (TPSA) is 51.5 Å². The first-order chi connectivity index (χ1) is 12.4. The zero-order chi connectivity index (χ0) is 18.8. The van der Waals surface area contributed by atoms with E-state index in [4.69, 9.17) is 4.74 Å². The number of halogens is 1. The third kappa shape index (κ3) is 3.45. The van der Waals surface area contributed by atoms with Crippen LogP contribution in [0.4, 0.5) is 9.18 Å². The number of aromatic nitrogens is 1. The highest BCUT2D eigenvalue weighted by molar-refractivity contribution is 8.18. The molecule has 2 aromatic rings. The molecule has 0 unspecified atom stereocenters. The summed E-state index contributed by atoms with van der Waals surface area (Å²) < 4.78 is 20.1. The molecule has 2 amide bonds. The van der Waals surface area contributed by atoms with E-state index in [0.29, 0.717) is 11.5 Å². The van der Waals surface area contributed by atoms with Crippen LogP contribution in [0.1, 0.15) is 17.0 Å². The Hall–Kier alpha value is -2.38. The number of hydrogen-bond acceptors (Lipinski definition) is 4. The summed E-state index contributed by atoms with van der Waals surface area (Å²) in [5.74, 6) is -0.593. The Morgan fingerprint density at radius 2 is 1.88 bits per heavy atom. The molecule has 0 saturated carbocycles. The Balaban J connectivity index is 1.93. The molecule has 1 aromatic carbocycles. The molecule has 5 nitrogen and oxygen atoms in total. The van der Waals surface area contributed by atoms with Crippen LogP contribution >= 0.6 is 11.8 Å². The van der Waals surface area contributed by atoms with E-state index in [1.807, 2.05) is 24.5 Å². The molecule has 1 aliphatic heterocycles. The Labute approximate surface area is 155 Å². The smallest absolute Gasteiger partial charge is 0.293 e. The maximum atomic E-state index is 13.2. The van der Waals surface area contributed by atoms with E-state index >= 15 is 0 Å². The summed E-state index contributed by atoms with van der Waals surface area (Å²) in [6, 6.07) is 8.18. The van der Waals surface area contributed by atoms with Crippen molar-refractivity contribution in [3.63, 3.8) is 0 Å². The Kier molecular flexibility index (Phi) is 5.29. The van der Waals surface area contributed by atoms with Gasteiger partial charge in [0.1, 0.15) is 5.82 Å². The number of aryl methyl sites for hydroxylation is 1. The maximum absolute atomic E-state index is 13.2. The van der Waals surface area contributed by atoms with Gasteiger partial charge >= 0.3 is 0 Å². The van der Waals surface area contributed by atoms with E-state index < -0.39 is 0 Å². The fraction of sp³-hybridized carbons (Fsp3) is 0.263. The average Bonchev–Trinajstić information content (AvgIpc) is 3.03. The van der Waals surface area contributed by atoms with Gasteiger partial charge in [0.05, 0.1) is 18.1 Å². The first-order valence-corrected chi connectivity index (χ1v) is 8.93. The van der Waals surface area contributed by atoms with Gasteiger partial charge in [-0.15, -0.1) is 0 Å². The van der Waals surface area contributed by atoms with Crippen LogP contribution in [0.2, 0.25) is 0 Å². The van der Waals surface area contributed by atoms with Gasteiger partial charge in [0.25, 0.3) is 11.1 Å².